The Hall–Kier alpha value is -0.0800. The molecule has 72 valence electrons. The largest absolute Gasteiger partial charge is 0.376 e. The van der Waals surface area contributed by atoms with E-state index in [0.29, 0.717) is 24.0 Å². The summed E-state index contributed by atoms with van der Waals surface area (Å²) in [7, 11) is 0. The van der Waals surface area contributed by atoms with Crippen molar-refractivity contribution < 1.29 is 9.47 Å². The van der Waals surface area contributed by atoms with Gasteiger partial charge in [0.25, 0.3) is 0 Å². The molecular formula is C10H20O2. The third-order valence-corrected chi connectivity index (χ3v) is 2.70. The van der Waals surface area contributed by atoms with Crippen LogP contribution in [0.5, 0.6) is 0 Å². The van der Waals surface area contributed by atoms with E-state index in [1.54, 1.807) is 0 Å². The lowest BCUT2D eigenvalue weighted by Gasteiger charge is -2.29. The first-order chi connectivity index (χ1) is 5.63. The van der Waals surface area contributed by atoms with Crippen molar-refractivity contribution in [1.29, 1.82) is 0 Å². The quantitative estimate of drug-likeness (QED) is 0.603. The fraction of sp³-hybridized carbons (Fsp3) is 1.00. The summed E-state index contributed by atoms with van der Waals surface area (Å²) in [6, 6.07) is 0. The number of ether oxygens (including phenoxy) is 2. The molecule has 2 nitrogen and oxygen atoms in total. The lowest BCUT2D eigenvalue weighted by molar-refractivity contribution is 0.00444. The van der Waals surface area contributed by atoms with Gasteiger partial charge in [0.2, 0.25) is 0 Å². The summed E-state index contributed by atoms with van der Waals surface area (Å²) in [5.74, 6) is 1.17. The second kappa shape index (κ2) is 4.24. The van der Waals surface area contributed by atoms with Crippen LogP contribution in [0.25, 0.3) is 0 Å². The molecule has 12 heavy (non-hydrogen) atoms. The van der Waals surface area contributed by atoms with Gasteiger partial charge in [-0.2, -0.15) is 0 Å². The van der Waals surface area contributed by atoms with Crippen molar-refractivity contribution in [2.24, 2.45) is 11.8 Å². The van der Waals surface area contributed by atoms with E-state index in [1.807, 2.05) is 0 Å². The minimum absolute atomic E-state index is 0.336. The van der Waals surface area contributed by atoms with Crippen LogP contribution in [0.3, 0.4) is 0 Å². The third-order valence-electron chi connectivity index (χ3n) is 2.70. The second-order valence-corrected chi connectivity index (χ2v) is 3.97. The Morgan fingerprint density at radius 3 is 1.75 bits per heavy atom. The Kier molecular flexibility index (Phi) is 3.53. The number of hydrogen-bond donors (Lipinski definition) is 0. The van der Waals surface area contributed by atoms with E-state index in [2.05, 4.69) is 27.7 Å². The van der Waals surface area contributed by atoms with Crippen molar-refractivity contribution in [2.45, 2.75) is 39.9 Å². The maximum absolute atomic E-state index is 5.62. The Labute approximate surface area is 75.2 Å². The molecule has 2 atom stereocenters. The molecule has 1 aliphatic heterocycles. The summed E-state index contributed by atoms with van der Waals surface area (Å²) in [6.07, 6.45) is 0.671. The lowest BCUT2D eigenvalue weighted by atomic mass is 9.86. The molecule has 0 spiro atoms. The van der Waals surface area contributed by atoms with Crippen molar-refractivity contribution in [3.05, 3.63) is 0 Å². The van der Waals surface area contributed by atoms with Gasteiger partial charge in [0.15, 0.2) is 0 Å². The van der Waals surface area contributed by atoms with Crippen LogP contribution in [0.15, 0.2) is 0 Å². The topological polar surface area (TPSA) is 18.5 Å². The van der Waals surface area contributed by atoms with Crippen LogP contribution in [-0.4, -0.2) is 25.4 Å². The summed E-state index contributed by atoms with van der Waals surface area (Å²) in [6.45, 7) is 10.3. The van der Waals surface area contributed by atoms with Crippen molar-refractivity contribution in [1.82, 2.24) is 0 Å². The Bertz CT molecular complexity index is 122. The molecule has 0 aromatic rings. The van der Waals surface area contributed by atoms with Gasteiger partial charge in [0.1, 0.15) is 0 Å². The highest BCUT2D eigenvalue weighted by Gasteiger charge is 2.29. The summed E-state index contributed by atoms with van der Waals surface area (Å²) < 4.78 is 11.2. The van der Waals surface area contributed by atoms with Gasteiger partial charge in [-0.15, -0.1) is 0 Å². The molecule has 0 bridgehead atoms. The first kappa shape index (κ1) is 10.0. The SMILES string of the molecule is CC(C)C1C(C)OCCOC1C. The molecule has 1 rings (SSSR count). The summed E-state index contributed by atoms with van der Waals surface area (Å²) in [4.78, 5) is 0. The summed E-state index contributed by atoms with van der Waals surface area (Å²) in [5, 5.41) is 0. The van der Waals surface area contributed by atoms with Crippen molar-refractivity contribution in [2.75, 3.05) is 13.2 Å². The zero-order valence-corrected chi connectivity index (χ0v) is 8.54. The number of hydrogen-bond acceptors (Lipinski definition) is 2. The van der Waals surface area contributed by atoms with Crippen LogP contribution in [0.4, 0.5) is 0 Å². The zero-order chi connectivity index (χ0) is 9.14. The van der Waals surface area contributed by atoms with E-state index in [0.717, 1.165) is 13.2 Å². The highest BCUT2D eigenvalue weighted by Crippen LogP contribution is 2.25. The van der Waals surface area contributed by atoms with Gasteiger partial charge in [0, 0.05) is 5.92 Å². The van der Waals surface area contributed by atoms with Crippen LogP contribution in [0.2, 0.25) is 0 Å². The van der Waals surface area contributed by atoms with Crippen molar-refractivity contribution >= 4 is 0 Å². The smallest absolute Gasteiger partial charge is 0.0704 e. The van der Waals surface area contributed by atoms with Crippen LogP contribution in [0, 0.1) is 11.8 Å². The molecule has 2 unspecified atom stereocenters. The van der Waals surface area contributed by atoms with Gasteiger partial charge < -0.3 is 9.47 Å². The fourth-order valence-electron chi connectivity index (χ4n) is 2.16. The van der Waals surface area contributed by atoms with Crippen molar-refractivity contribution in [3.63, 3.8) is 0 Å². The first-order valence-corrected chi connectivity index (χ1v) is 4.86. The molecule has 1 fully saturated rings. The Balaban J connectivity index is 2.61. The Morgan fingerprint density at radius 2 is 1.42 bits per heavy atom. The lowest BCUT2D eigenvalue weighted by Crippen LogP contribution is -2.32. The van der Waals surface area contributed by atoms with Gasteiger partial charge in [-0.3, -0.25) is 0 Å². The minimum atomic E-state index is 0.336. The predicted molar refractivity (Wildman–Crippen MR) is 49.2 cm³/mol. The highest BCUT2D eigenvalue weighted by molar-refractivity contribution is 4.77. The first-order valence-electron chi connectivity index (χ1n) is 4.86. The van der Waals surface area contributed by atoms with Crippen LogP contribution < -0.4 is 0 Å². The summed E-state index contributed by atoms with van der Waals surface area (Å²) >= 11 is 0. The van der Waals surface area contributed by atoms with Crippen LogP contribution in [-0.2, 0) is 9.47 Å². The molecule has 0 aromatic carbocycles. The van der Waals surface area contributed by atoms with Gasteiger partial charge in [-0.25, -0.2) is 0 Å². The van der Waals surface area contributed by atoms with E-state index in [9.17, 15) is 0 Å². The predicted octanol–water partition coefficient (Wildman–Crippen LogP) is 2.08. The van der Waals surface area contributed by atoms with E-state index < -0.39 is 0 Å². The molecule has 0 N–H and O–H groups in total. The van der Waals surface area contributed by atoms with Gasteiger partial charge in [0.05, 0.1) is 25.4 Å². The monoisotopic (exact) mass is 172 g/mol. The van der Waals surface area contributed by atoms with Gasteiger partial charge in [-0.1, -0.05) is 13.8 Å². The average Bonchev–Trinajstić information content (AvgIpc) is 2.11. The van der Waals surface area contributed by atoms with E-state index in [4.69, 9.17) is 9.47 Å². The molecule has 1 heterocycles. The highest BCUT2D eigenvalue weighted by atomic mass is 16.5. The number of rotatable bonds is 1. The third kappa shape index (κ3) is 2.20. The molecule has 0 aromatic heterocycles. The summed E-state index contributed by atoms with van der Waals surface area (Å²) in [5.41, 5.74) is 0. The molecule has 1 aliphatic rings. The van der Waals surface area contributed by atoms with Crippen LogP contribution >= 0.6 is 0 Å². The average molecular weight is 172 g/mol. The van der Waals surface area contributed by atoms with E-state index in [1.165, 1.54) is 0 Å². The van der Waals surface area contributed by atoms with Crippen LogP contribution in [0.1, 0.15) is 27.7 Å². The Morgan fingerprint density at radius 1 is 1.00 bits per heavy atom. The van der Waals surface area contributed by atoms with E-state index >= 15 is 0 Å². The second-order valence-electron chi connectivity index (χ2n) is 3.97. The standard InChI is InChI=1S/C10H20O2/c1-7(2)10-8(3)11-5-6-12-9(10)4/h7-10H,5-6H2,1-4H3. The maximum Gasteiger partial charge on any atom is 0.0704 e. The molecule has 2 heteroatoms. The molecule has 0 aliphatic carbocycles. The molecular weight excluding hydrogens is 152 g/mol. The zero-order valence-electron chi connectivity index (χ0n) is 8.54. The van der Waals surface area contributed by atoms with Gasteiger partial charge in [-0.05, 0) is 19.8 Å². The molecule has 0 radical (unpaired) electrons. The maximum atomic E-state index is 5.62. The molecule has 1 saturated heterocycles. The normalized spacial score (nSPS) is 38.2. The van der Waals surface area contributed by atoms with Gasteiger partial charge >= 0.3 is 0 Å². The van der Waals surface area contributed by atoms with Crippen molar-refractivity contribution in [3.8, 4) is 0 Å². The molecule has 0 amide bonds. The molecule has 0 saturated carbocycles. The van der Waals surface area contributed by atoms with E-state index in [-0.39, 0.29) is 0 Å². The minimum Gasteiger partial charge on any atom is -0.376 e. The fourth-order valence-corrected chi connectivity index (χ4v) is 2.16.